The number of piperazine rings is 1. The Balaban J connectivity index is 1.89. The molecule has 5 heteroatoms. The van der Waals surface area contributed by atoms with Crippen molar-refractivity contribution in [1.82, 2.24) is 10.2 Å². The Morgan fingerprint density at radius 1 is 1.53 bits per heavy atom. The third-order valence-electron chi connectivity index (χ3n) is 2.99. The van der Waals surface area contributed by atoms with Crippen LogP contribution in [0.2, 0.25) is 0 Å². The third kappa shape index (κ3) is 3.28. The fourth-order valence-corrected chi connectivity index (χ4v) is 2.86. The highest BCUT2D eigenvalue weighted by Crippen LogP contribution is 2.23. The minimum Gasteiger partial charge on any atom is -0.340 e. The van der Waals surface area contributed by atoms with Gasteiger partial charge in [0.1, 0.15) is 0 Å². The van der Waals surface area contributed by atoms with Gasteiger partial charge in [0.2, 0.25) is 5.91 Å². The maximum atomic E-state index is 12.0. The monoisotopic (exact) mass is 253 g/mol. The molecule has 1 amide bonds. The van der Waals surface area contributed by atoms with Gasteiger partial charge in [-0.3, -0.25) is 4.79 Å². The van der Waals surface area contributed by atoms with E-state index in [9.17, 15) is 4.79 Å². The van der Waals surface area contributed by atoms with Gasteiger partial charge in [0, 0.05) is 48.4 Å². The van der Waals surface area contributed by atoms with Crippen LogP contribution in [0.25, 0.3) is 0 Å². The number of rotatable bonds is 3. The van der Waals surface area contributed by atoms with E-state index in [0.29, 0.717) is 6.42 Å². The van der Waals surface area contributed by atoms with Crippen LogP contribution < -0.4 is 11.1 Å². The van der Waals surface area contributed by atoms with Gasteiger partial charge in [0.15, 0.2) is 0 Å². The summed E-state index contributed by atoms with van der Waals surface area (Å²) >= 11 is 1.68. The smallest absolute Gasteiger partial charge is 0.224 e. The first-order chi connectivity index (χ1) is 8.16. The number of hydrogen-bond acceptors (Lipinski definition) is 4. The number of thiophene rings is 1. The second-order valence-corrected chi connectivity index (χ2v) is 5.71. The minimum absolute atomic E-state index is 0.156. The van der Waals surface area contributed by atoms with E-state index >= 15 is 0 Å². The summed E-state index contributed by atoms with van der Waals surface area (Å²) in [6.07, 6.45) is 0.417. The van der Waals surface area contributed by atoms with Crippen molar-refractivity contribution >= 4 is 17.2 Å². The summed E-state index contributed by atoms with van der Waals surface area (Å²) in [5.74, 6) is 0.171. The Hall–Kier alpha value is -0.910. The Morgan fingerprint density at radius 2 is 2.24 bits per heavy atom. The number of nitrogens with zero attached hydrogens (tertiary/aromatic N) is 1. The molecule has 0 spiro atoms. The van der Waals surface area contributed by atoms with Gasteiger partial charge in [0.05, 0.1) is 0 Å². The molecule has 4 nitrogen and oxygen atoms in total. The first kappa shape index (κ1) is 12.5. The quantitative estimate of drug-likeness (QED) is 0.840. The van der Waals surface area contributed by atoms with Crippen LogP contribution in [0.4, 0.5) is 0 Å². The van der Waals surface area contributed by atoms with Gasteiger partial charge in [-0.2, -0.15) is 0 Å². The number of aryl methyl sites for hydroxylation is 1. The summed E-state index contributed by atoms with van der Waals surface area (Å²) in [5, 5.41) is 3.23. The molecule has 1 aromatic heterocycles. The van der Waals surface area contributed by atoms with Gasteiger partial charge >= 0.3 is 0 Å². The van der Waals surface area contributed by atoms with E-state index in [-0.39, 0.29) is 11.9 Å². The summed E-state index contributed by atoms with van der Waals surface area (Å²) in [4.78, 5) is 16.3. The summed E-state index contributed by atoms with van der Waals surface area (Å²) in [6, 6.07) is 3.92. The van der Waals surface area contributed by atoms with Gasteiger partial charge in [-0.05, 0) is 19.1 Å². The lowest BCUT2D eigenvalue weighted by molar-refractivity contribution is -0.132. The Morgan fingerprint density at radius 3 is 2.82 bits per heavy atom. The zero-order valence-electron chi connectivity index (χ0n) is 10.1. The molecule has 1 fully saturated rings. The standard InChI is InChI=1S/C12H19N3OS/c1-9-2-3-11(17-9)10(13)8-12(16)15-6-4-14-5-7-15/h2-3,10,14H,4-8,13H2,1H3. The second-order valence-electron chi connectivity index (χ2n) is 4.39. The Labute approximate surface area is 106 Å². The number of hydrogen-bond donors (Lipinski definition) is 2. The Kier molecular flexibility index (Phi) is 4.15. The molecular formula is C12H19N3OS. The van der Waals surface area contributed by atoms with Crippen molar-refractivity contribution in [3.63, 3.8) is 0 Å². The topological polar surface area (TPSA) is 58.4 Å². The van der Waals surface area contributed by atoms with E-state index in [4.69, 9.17) is 5.73 Å². The van der Waals surface area contributed by atoms with Crippen LogP contribution in [0.1, 0.15) is 22.2 Å². The van der Waals surface area contributed by atoms with Crippen LogP contribution in [-0.2, 0) is 4.79 Å². The lowest BCUT2D eigenvalue weighted by atomic mass is 10.1. The molecule has 0 bridgehead atoms. The number of amides is 1. The average molecular weight is 253 g/mol. The lowest BCUT2D eigenvalue weighted by Gasteiger charge is -2.28. The molecule has 0 aliphatic carbocycles. The van der Waals surface area contributed by atoms with E-state index in [1.54, 1.807) is 11.3 Å². The zero-order valence-corrected chi connectivity index (χ0v) is 10.9. The van der Waals surface area contributed by atoms with Gasteiger partial charge in [-0.15, -0.1) is 11.3 Å². The van der Waals surface area contributed by atoms with Crippen molar-refractivity contribution < 1.29 is 4.79 Å². The maximum absolute atomic E-state index is 12.0. The number of carbonyl (C=O) groups is 1. The van der Waals surface area contributed by atoms with E-state index in [0.717, 1.165) is 31.1 Å². The molecular weight excluding hydrogens is 234 g/mol. The molecule has 0 aromatic carbocycles. The molecule has 0 radical (unpaired) electrons. The van der Waals surface area contributed by atoms with Crippen LogP contribution in [0.3, 0.4) is 0 Å². The molecule has 1 aliphatic rings. The molecule has 1 saturated heterocycles. The number of nitrogens with one attached hydrogen (secondary N) is 1. The van der Waals surface area contributed by atoms with E-state index in [2.05, 4.69) is 18.3 Å². The highest BCUT2D eigenvalue weighted by molar-refractivity contribution is 7.12. The first-order valence-electron chi connectivity index (χ1n) is 5.97. The SMILES string of the molecule is Cc1ccc(C(N)CC(=O)N2CCNCC2)s1. The fourth-order valence-electron chi connectivity index (χ4n) is 1.98. The zero-order chi connectivity index (χ0) is 12.3. The van der Waals surface area contributed by atoms with Crippen LogP contribution in [-0.4, -0.2) is 37.0 Å². The normalized spacial score (nSPS) is 18.1. The van der Waals surface area contributed by atoms with Gasteiger partial charge in [-0.1, -0.05) is 0 Å². The van der Waals surface area contributed by atoms with Crippen molar-refractivity contribution in [2.75, 3.05) is 26.2 Å². The number of nitrogens with two attached hydrogens (primary N) is 1. The second kappa shape index (κ2) is 5.62. The molecule has 1 aliphatic heterocycles. The highest BCUT2D eigenvalue weighted by atomic mass is 32.1. The van der Waals surface area contributed by atoms with Crippen LogP contribution in [0, 0.1) is 6.92 Å². The predicted octanol–water partition coefficient (Wildman–Crippen LogP) is 0.878. The molecule has 1 aromatic rings. The molecule has 94 valence electrons. The average Bonchev–Trinajstić information content (AvgIpc) is 2.77. The maximum Gasteiger partial charge on any atom is 0.224 e. The predicted molar refractivity (Wildman–Crippen MR) is 70.1 cm³/mol. The van der Waals surface area contributed by atoms with E-state index in [1.165, 1.54) is 4.88 Å². The van der Waals surface area contributed by atoms with Crippen LogP contribution in [0.15, 0.2) is 12.1 Å². The van der Waals surface area contributed by atoms with Crippen molar-refractivity contribution in [1.29, 1.82) is 0 Å². The van der Waals surface area contributed by atoms with Gasteiger partial charge < -0.3 is 16.0 Å². The summed E-state index contributed by atoms with van der Waals surface area (Å²) in [6.45, 7) is 5.43. The largest absolute Gasteiger partial charge is 0.340 e. The molecule has 17 heavy (non-hydrogen) atoms. The van der Waals surface area contributed by atoms with Crippen molar-refractivity contribution in [2.24, 2.45) is 5.73 Å². The van der Waals surface area contributed by atoms with E-state index < -0.39 is 0 Å². The lowest BCUT2D eigenvalue weighted by Crippen LogP contribution is -2.47. The van der Waals surface area contributed by atoms with Crippen LogP contribution >= 0.6 is 11.3 Å². The van der Waals surface area contributed by atoms with Crippen molar-refractivity contribution in [2.45, 2.75) is 19.4 Å². The molecule has 1 unspecified atom stereocenters. The molecule has 2 heterocycles. The van der Waals surface area contributed by atoms with Gasteiger partial charge in [-0.25, -0.2) is 0 Å². The third-order valence-corrected chi connectivity index (χ3v) is 4.12. The Bertz CT molecular complexity index is 385. The molecule has 3 N–H and O–H groups in total. The van der Waals surface area contributed by atoms with Crippen molar-refractivity contribution in [3.8, 4) is 0 Å². The molecule has 2 rings (SSSR count). The summed E-state index contributed by atoms with van der Waals surface area (Å²) in [7, 11) is 0. The summed E-state index contributed by atoms with van der Waals surface area (Å²) in [5.41, 5.74) is 6.06. The minimum atomic E-state index is -0.156. The highest BCUT2D eigenvalue weighted by Gasteiger charge is 2.20. The summed E-state index contributed by atoms with van der Waals surface area (Å²) < 4.78 is 0. The fraction of sp³-hybridized carbons (Fsp3) is 0.583. The first-order valence-corrected chi connectivity index (χ1v) is 6.79. The van der Waals surface area contributed by atoms with Gasteiger partial charge in [0.25, 0.3) is 0 Å². The van der Waals surface area contributed by atoms with E-state index in [1.807, 2.05) is 11.0 Å². The van der Waals surface area contributed by atoms with Crippen molar-refractivity contribution in [3.05, 3.63) is 21.9 Å². The molecule has 1 atom stereocenters. The number of carbonyl (C=O) groups excluding carboxylic acids is 1. The van der Waals surface area contributed by atoms with Crippen LogP contribution in [0.5, 0.6) is 0 Å². The molecule has 0 saturated carbocycles.